The third-order valence-electron chi connectivity index (χ3n) is 10.0. The minimum atomic E-state index is 0.179. The summed E-state index contributed by atoms with van der Waals surface area (Å²) >= 11 is 12.9. The molecule has 5 aliphatic rings. The SMILES string of the molecule is N[C@H]1CC[C@H](NC(=S)C23CC4CC5(CCl)CC(c6ccccc6)(C2)C5(C4)C3)CC1. The smallest absolute Gasteiger partial charge is 0.0818 e. The Hall–Kier alpha value is -0.640. The summed E-state index contributed by atoms with van der Waals surface area (Å²) in [6, 6.07) is 12.3. The molecule has 0 radical (unpaired) electrons. The molecule has 5 atom stereocenters. The molecule has 29 heavy (non-hydrogen) atoms. The molecule has 0 saturated heterocycles. The molecule has 3 bridgehead atoms. The fraction of sp³-hybridized carbons (Fsp3) is 0.720. The van der Waals surface area contributed by atoms with Gasteiger partial charge in [-0.2, -0.15) is 0 Å². The lowest BCUT2D eigenvalue weighted by atomic mass is 9.37. The molecular formula is C25H33ClN2S. The Balaban J connectivity index is 1.36. The Bertz CT molecular complexity index is 836. The number of nitrogens with one attached hydrogen (secondary N) is 1. The molecule has 3 N–H and O–H groups in total. The normalized spacial score (nSPS) is 49.5. The van der Waals surface area contributed by atoms with Crippen molar-refractivity contribution in [1.29, 1.82) is 0 Å². The van der Waals surface area contributed by atoms with Gasteiger partial charge in [-0.05, 0) is 86.5 Å². The summed E-state index contributed by atoms with van der Waals surface area (Å²) in [6.45, 7) is 0. The Labute approximate surface area is 185 Å². The van der Waals surface area contributed by atoms with Crippen LogP contribution in [0.1, 0.15) is 69.8 Å². The van der Waals surface area contributed by atoms with Crippen molar-refractivity contribution >= 4 is 28.8 Å². The van der Waals surface area contributed by atoms with Crippen molar-refractivity contribution in [1.82, 2.24) is 5.32 Å². The maximum Gasteiger partial charge on any atom is 0.0818 e. The monoisotopic (exact) mass is 428 g/mol. The molecule has 0 heterocycles. The fourth-order valence-corrected chi connectivity index (χ4v) is 10.0. The van der Waals surface area contributed by atoms with E-state index >= 15 is 0 Å². The highest BCUT2D eigenvalue weighted by atomic mass is 35.5. The fourth-order valence-electron chi connectivity index (χ4n) is 9.16. The minimum Gasteiger partial charge on any atom is -0.376 e. The first-order chi connectivity index (χ1) is 14.0. The number of benzene rings is 1. The van der Waals surface area contributed by atoms with Gasteiger partial charge in [0.15, 0.2) is 0 Å². The van der Waals surface area contributed by atoms with Crippen molar-refractivity contribution in [2.45, 2.75) is 81.7 Å². The molecule has 5 aliphatic carbocycles. The molecule has 5 unspecified atom stereocenters. The molecule has 0 amide bonds. The lowest BCUT2D eigenvalue weighted by Gasteiger charge is -2.66. The lowest BCUT2D eigenvalue weighted by Crippen LogP contribution is -2.63. The number of nitrogens with two attached hydrogens (primary N) is 1. The maximum atomic E-state index is 6.72. The lowest BCUT2D eigenvalue weighted by molar-refractivity contribution is -0.112. The number of hydrogen-bond acceptors (Lipinski definition) is 2. The molecule has 6 rings (SSSR count). The Morgan fingerprint density at radius 1 is 1.03 bits per heavy atom. The van der Waals surface area contributed by atoms with Crippen LogP contribution in [0, 0.1) is 22.2 Å². The molecular weight excluding hydrogens is 396 g/mol. The first kappa shape index (κ1) is 19.1. The zero-order chi connectivity index (χ0) is 19.9. The first-order valence-corrected chi connectivity index (χ1v) is 12.6. The van der Waals surface area contributed by atoms with E-state index in [2.05, 4.69) is 35.6 Å². The van der Waals surface area contributed by atoms with Crippen LogP contribution < -0.4 is 11.1 Å². The van der Waals surface area contributed by atoms with E-state index in [4.69, 9.17) is 29.6 Å². The topological polar surface area (TPSA) is 38.0 Å². The summed E-state index contributed by atoms with van der Waals surface area (Å²) in [5, 5.41) is 3.87. The van der Waals surface area contributed by atoms with Crippen LogP contribution in [0.15, 0.2) is 30.3 Å². The predicted octanol–water partition coefficient (Wildman–Crippen LogP) is 5.32. The van der Waals surface area contributed by atoms with Gasteiger partial charge in [0.05, 0.1) is 4.99 Å². The van der Waals surface area contributed by atoms with Gasteiger partial charge in [-0.25, -0.2) is 0 Å². The van der Waals surface area contributed by atoms with Crippen molar-refractivity contribution in [3.8, 4) is 0 Å². The molecule has 2 nitrogen and oxygen atoms in total. The van der Waals surface area contributed by atoms with E-state index in [-0.39, 0.29) is 10.8 Å². The Morgan fingerprint density at radius 3 is 2.52 bits per heavy atom. The summed E-state index contributed by atoms with van der Waals surface area (Å²) in [4.78, 5) is 1.18. The maximum absolute atomic E-state index is 6.72. The first-order valence-electron chi connectivity index (χ1n) is 11.6. The second-order valence-corrected chi connectivity index (χ2v) is 12.0. The predicted molar refractivity (Wildman–Crippen MR) is 123 cm³/mol. The van der Waals surface area contributed by atoms with Gasteiger partial charge in [0.1, 0.15) is 0 Å². The molecule has 4 heteroatoms. The number of alkyl halides is 1. The van der Waals surface area contributed by atoms with Crippen LogP contribution in [0.3, 0.4) is 0 Å². The van der Waals surface area contributed by atoms with Crippen LogP contribution in [0.25, 0.3) is 0 Å². The molecule has 156 valence electrons. The highest BCUT2D eigenvalue weighted by Crippen LogP contribution is 2.88. The summed E-state index contributed by atoms with van der Waals surface area (Å²) in [7, 11) is 0. The Morgan fingerprint density at radius 2 is 1.79 bits per heavy atom. The van der Waals surface area contributed by atoms with Crippen LogP contribution in [0.4, 0.5) is 0 Å². The quantitative estimate of drug-likeness (QED) is 0.503. The average molecular weight is 429 g/mol. The second kappa shape index (κ2) is 6.20. The number of halogens is 1. The molecule has 0 aliphatic heterocycles. The van der Waals surface area contributed by atoms with Gasteiger partial charge in [-0.3, -0.25) is 0 Å². The number of hydrogen-bond donors (Lipinski definition) is 2. The Kier molecular flexibility index (Phi) is 4.08. The van der Waals surface area contributed by atoms with E-state index < -0.39 is 0 Å². The summed E-state index contributed by atoms with van der Waals surface area (Å²) in [5.74, 6) is 1.63. The van der Waals surface area contributed by atoms with Crippen LogP contribution in [-0.4, -0.2) is 23.0 Å². The second-order valence-electron chi connectivity index (χ2n) is 11.3. The third kappa shape index (κ3) is 2.31. The van der Waals surface area contributed by atoms with Crippen molar-refractivity contribution in [2.75, 3.05) is 5.88 Å². The van der Waals surface area contributed by atoms with Crippen molar-refractivity contribution in [3.05, 3.63) is 35.9 Å². The van der Waals surface area contributed by atoms with Gasteiger partial charge in [-0.15, -0.1) is 11.6 Å². The summed E-state index contributed by atoms with van der Waals surface area (Å²) < 4.78 is 0. The minimum absolute atomic E-state index is 0.179. The van der Waals surface area contributed by atoms with Crippen LogP contribution >= 0.6 is 23.8 Å². The van der Waals surface area contributed by atoms with E-state index in [1.807, 2.05) is 0 Å². The van der Waals surface area contributed by atoms with Crippen LogP contribution in [-0.2, 0) is 5.41 Å². The van der Waals surface area contributed by atoms with Crippen molar-refractivity contribution < 1.29 is 0 Å². The molecule has 1 aromatic rings. The zero-order valence-electron chi connectivity index (χ0n) is 17.3. The average Bonchev–Trinajstić information content (AvgIpc) is 3.03. The molecule has 1 spiro atoms. The van der Waals surface area contributed by atoms with E-state index in [1.54, 1.807) is 5.56 Å². The van der Waals surface area contributed by atoms with E-state index in [0.717, 1.165) is 24.6 Å². The highest BCUT2D eigenvalue weighted by molar-refractivity contribution is 7.80. The summed E-state index contributed by atoms with van der Waals surface area (Å²) in [6.07, 6.45) is 12.3. The van der Waals surface area contributed by atoms with Gasteiger partial charge in [0.2, 0.25) is 0 Å². The van der Waals surface area contributed by atoms with Gasteiger partial charge >= 0.3 is 0 Å². The van der Waals surface area contributed by atoms with Crippen LogP contribution in [0.5, 0.6) is 0 Å². The van der Waals surface area contributed by atoms with Crippen molar-refractivity contribution in [3.63, 3.8) is 0 Å². The van der Waals surface area contributed by atoms with Gasteiger partial charge < -0.3 is 11.1 Å². The standard InChI is InChI=1S/C25H33ClN2S/c26-16-23-11-17-10-22(21(29)28-20-8-6-19(27)7-9-20)13-24(15-23,25(23,12-17)14-22)18-4-2-1-3-5-18/h1-5,17,19-20H,6-16,27H2,(H,28,29)/t17?,19-,20-,22?,23?,24?,25?. The molecule has 0 aromatic heterocycles. The molecule has 1 aromatic carbocycles. The van der Waals surface area contributed by atoms with Gasteiger partial charge in [0.25, 0.3) is 0 Å². The summed E-state index contributed by atoms with van der Waals surface area (Å²) in [5.41, 5.74) is 8.87. The highest BCUT2D eigenvalue weighted by Gasteiger charge is 2.84. The van der Waals surface area contributed by atoms with Gasteiger partial charge in [0, 0.05) is 28.8 Å². The number of thiocarbonyl (C=S) groups is 1. The number of fused-ring (bicyclic) bond motifs is 2. The van der Waals surface area contributed by atoms with E-state index in [1.165, 1.54) is 56.4 Å². The largest absolute Gasteiger partial charge is 0.376 e. The van der Waals surface area contributed by atoms with Gasteiger partial charge in [-0.1, -0.05) is 42.5 Å². The van der Waals surface area contributed by atoms with Crippen molar-refractivity contribution in [2.24, 2.45) is 27.9 Å². The number of rotatable bonds is 4. The van der Waals surface area contributed by atoms with Crippen LogP contribution in [0.2, 0.25) is 0 Å². The van der Waals surface area contributed by atoms with E-state index in [0.29, 0.717) is 22.9 Å². The molecule has 5 saturated carbocycles. The van der Waals surface area contributed by atoms with E-state index in [9.17, 15) is 0 Å². The molecule has 5 fully saturated rings. The zero-order valence-corrected chi connectivity index (χ0v) is 18.8. The third-order valence-corrected chi connectivity index (χ3v) is 11.1.